The van der Waals surface area contributed by atoms with Crippen LogP contribution in [-0.4, -0.2) is 28.9 Å². The number of aryl methyl sites for hydroxylation is 1. The summed E-state index contributed by atoms with van der Waals surface area (Å²) in [5.41, 5.74) is 0.892. The number of hydrogen-bond donors (Lipinski definition) is 2. The van der Waals surface area contributed by atoms with Crippen molar-refractivity contribution < 1.29 is 19.5 Å². The van der Waals surface area contributed by atoms with Crippen LogP contribution >= 0.6 is 0 Å². The first-order valence-electron chi connectivity index (χ1n) is 11.2. The number of carbonyl (C=O) groups excluding carboxylic acids is 2. The Morgan fingerprint density at radius 1 is 0.912 bits per heavy atom. The summed E-state index contributed by atoms with van der Waals surface area (Å²) in [6.45, 7) is 1.83. The van der Waals surface area contributed by atoms with Crippen molar-refractivity contribution in [2.24, 2.45) is 11.8 Å². The molecule has 2 amide bonds. The molecule has 0 bridgehead atoms. The van der Waals surface area contributed by atoms with E-state index in [1.54, 1.807) is 48.5 Å². The molecular formula is C28H24N2O4. The fraction of sp³-hybridized carbons (Fsp3) is 0.179. The summed E-state index contributed by atoms with van der Waals surface area (Å²) >= 11 is 0. The summed E-state index contributed by atoms with van der Waals surface area (Å²) in [6.07, 6.45) is 3.65. The summed E-state index contributed by atoms with van der Waals surface area (Å²) in [6, 6.07) is 24.7. The maximum Gasteiger partial charge on any atom is 0.329 e. The minimum absolute atomic E-state index is 0.390. The van der Waals surface area contributed by atoms with Gasteiger partial charge in [0.2, 0.25) is 11.8 Å². The molecule has 170 valence electrons. The first-order valence-corrected chi connectivity index (χ1v) is 11.2. The molecule has 2 aliphatic heterocycles. The molecule has 3 aromatic rings. The van der Waals surface area contributed by atoms with E-state index >= 15 is 0 Å². The average molecular weight is 453 g/mol. The Morgan fingerprint density at radius 3 is 2.18 bits per heavy atom. The van der Waals surface area contributed by atoms with E-state index in [0.29, 0.717) is 11.3 Å². The lowest BCUT2D eigenvalue weighted by molar-refractivity contribution is -0.149. The van der Waals surface area contributed by atoms with Crippen LogP contribution in [0.1, 0.15) is 16.7 Å². The maximum absolute atomic E-state index is 13.8. The van der Waals surface area contributed by atoms with Crippen LogP contribution in [0.3, 0.4) is 0 Å². The molecular weight excluding hydrogens is 428 g/mol. The number of imide groups is 1. The summed E-state index contributed by atoms with van der Waals surface area (Å²) in [5.74, 6) is -4.03. The van der Waals surface area contributed by atoms with Gasteiger partial charge in [-0.2, -0.15) is 0 Å². The highest BCUT2D eigenvalue weighted by Gasteiger charge is 2.68. The van der Waals surface area contributed by atoms with Gasteiger partial charge in [0.05, 0.1) is 17.5 Å². The number of carbonyl (C=O) groups is 3. The number of benzene rings is 3. The molecule has 2 aliphatic rings. The number of para-hydroxylation sites is 1. The number of carboxylic acid groups (broad SMARTS) is 1. The average Bonchev–Trinajstić information content (AvgIpc) is 3.34. The summed E-state index contributed by atoms with van der Waals surface area (Å²) in [5, 5.41) is 13.7. The molecule has 3 aromatic carbocycles. The van der Waals surface area contributed by atoms with Crippen LogP contribution < -0.4 is 10.2 Å². The Hall–Kier alpha value is -4.03. The van der Waals surface area contributed by atoms with E-state index in [2.05, 4.69) is 5.32 Å². The number of fused-ring (bicyclic) bond motifs is 1. The molecule has 0 aliphatic carbocycles. The summed E-state index contributed by atoms with van der Waals surface area (Å²) < 4.78 is 0. The third-order valence-corrected chi connectivity index (χ3v) is 6.82. The van der Waals surface area contributed by atoms with E-state index in [4.69, 9.17) is 0 Å². The van der Waals surface area contributed by atoms with Gasteiger partial charge >= 0.3 is 5.97 Å². The van der Waals surface area contributed by atoms with Crippen LogP contribution in [0.2, 0.25) is 0 Å². The number of rotatable bonds is 5. The predicted molar refractivity (Wildman–Crippen MR) is 129 cm³/mol. The van der Waals surface area contributed by atoms with Crippen molar-refractivity contribution in [3.05, 3.63) is 108 Å². The van der Waals surface area contributed by atoms with E-state index in [-0.39, 0.29) is 0 Å². The zero-order chi connectivity index (χ0) is 23.9. The standard InChI is InChI=1S/C28H24N2O4/c1-18-10-8-9-15-22(18)30-25(31)23-21(17-16-19-11-4-2-5-12-19)29-28(27(33)34,24(23)26(30)32)20-13-6-3-7-14-20/h2-17,21,23-24,29H,1H3,(H,33,34)/b17-16+. The third-order valence-electron chi connectivity index (χ3n) is 6.82. The lowest BCUT2D eigenvalue weighted by Gasteiger charge is -2.31. The third kappa shape index (κ3) is 3.26. The second-order valence-electron chi connectivity index (χ2n) is 8.72. The molecule has 2 fully saturated rings. The normalized spacial score (nSPS) is 26.3. The molecule has 6 nitrogen and oxygen atoms in total. The predicted octanol–water partition coefficient (Wildman–Crippen LogP) is 3.77. The van der Waals surface area contributed by atoms with E-state index in [1.165, 1.54) is 4.90 Å². The molecule has 6 heteroatoms. The number of carboxylic acids is 1. The summed E-state index contributed by atoms with van der Waals surface area (Å²) in [7, 11) is 0. The molecule has 0 aromatic heterocycles. The Morgan fingerprint density at radius 2 is 1.53 bits per heavy atom. The van der Waals surface area contributed by atoms with E-state index in [1.807, 2.05) is 55.5 Å². The number of anilines is 1. The number of aliphatic carboxylic acids is 1. The number of nitrogens with one attached hydrogen (secondary N) is 1. The van der Waals surface area contributed by atoms with Crippen molar-refractivity contribution in [3.63, 3.8) is 0 Å². The van der Waals surface area contributed by atoms with E-state index < -0.39 is 41.2 Å². The molecule has 34 heavy (non-hydrogen) atoms. The van der Waals surface area contributed by atoms with E-state index in [0.717, 1.165) is 11.1 Å². The Kier molecular flexibility index (Phi) is 5.38. The number of hydrogen-bond acceptors (Lipinski definition) is 4. The fourth-order valence-electron chi connectivity index (χ4n) is 5.23. The molecule has 2 saturated heterocycles. The van der Waals surface area contributed by atoms with Gasteiger partial charge in [-0.15, -0.1) is 0 Å². The van der Waals surface area contributed by atoms with Gasteiger partial charge in [-0.3, -0.25) is 14.9 Å². The first-order chi connectivity index (χ1) is 16.4. The van der Waals surface area contributed by atoms with Gasteiger partial charge in [0.1, 0.15) is 0 Å². The first kappa shape index (κ1) is 21.8. The molecule has 0 radical (unpaired) electrons. The molecule has 0 spiro atoms. The zero-order valence-corrected chi connectivity index (χ0v) is 18.6. The molecule has 2 N–H and O–H groups in total. The van der Waals surface area contributed by atoms with Crippen LogP contribution in [0.15, 0.2) is 91.0 Å². The largest absolute Gasteiger partial charge is 0.480 e. The van der Waals surface area contributed by atoms with Crippen molar-refractivity contribution >= 4 is 29.5 Å². The van der Waals surface area contributed by atoms with Gasteiger partial charge in [0.15, 0.2) is 5.54 Å². The Balaban J connectivity index is 1.66. The monoisotopic (exact) mass is 452 g/mol. The second kappa shape index (κ2) is 8.39. The van der Waals surface area contributed by atoms with Gasteiger partial charge in [-0.05, 0) is 29.7 Å². The summed E-state index contributed by atoms with van der Waals surface area (Å²) in [4.78, 5) is 41.6. The van der Waals surface area contributed by atoms with Crippen LogP contribution in [0, 0.1) is 18.8 Å². The Labute approximate surface area is 197 Å². The molecule has 5 rings (SSSR count). The van der Waals surface area contributed by atoms with Gasteiger partial charge in [-0.25, -0.2) is 9.69 Å². The lowest BCUT2D eigenvalue weighted by atomic mass is 9.76. The minimum atomic E-state index is -1.73. The van der Waals surface area contributed by atoms with Crippen LogP contribution in [0.4, 0.5) is 5.69 Å². The highest BCUT2D eigenvalue weighted by molar-refractivity contribution is 6.24. The Bertz CT molecular complexity index is 1290. The smallest absolute Gasteiger partial charge is 0.329 e. The topological polar surface area (TPSA) is 86.7 Å². The highest BCUT2D eigenvalue weighted by atomic mass is 16.4. The highest BCUT2D eigenvalue weighted by Crippen LogP contribution is 2.50. The molecule has 2 heterocycles. The number of amides is 2. The van der Waals surface area contributed by atoms with E-state index in [9.17, 15) is 19.5 Å². The molecule has 0 saturated carbocycles. The van der Waals surface area contributed by atoms with Gasteiger partial charge in [0, 0.05) is 6.04 Å². The van der Waals surface area contributed by atoms with Crippen LogP contribution in [-0.2, 0) is 19.9 Å². The van der Waals surface area contributed by atoms with Crippen molar-refractivity contribution in [2.45, 2.75) is 18.5 Å². The van der Waals surface area contributed by atoms with Crippen LogP contribution in [0.5, 0.6) is 0 Å². The van der Waals surface area contributed by atoms with Crippen molar-refractivity contribution in [1.82, 2.24) is 5.32 Å². The molecule has 4 unspecified atom stereocenters. The van der Waals surface area contributed by atoms with Crippen molar-refractivity contribution in [3.8, 4) is 0 Å². The number of nitrogens with zero attached hydrogens (tertiary/aromatic N) is 1. The minimum Gasteiger partial charge on any atom is -0.480 e. The lowest BCUT2D eigenvalue weighted by Crippen LogP contribution is -2.54. The van der Waals surface area contributed by atoms with Gasteiger partial charge in [0.25, 0.3) is 0 Å². The SMILES string of the molecule is Cc1ccccc1N1C(=O)C2C(/C=C/c3ccccc3)NC(C(=O)O)(c3ccccc3)C2C1=O. The second-order valence-corrected chi connectivity index (χ2v) is 8.72. The maximum atomic E-state index is 13.8. The quantitative estimate of drug-likeness (QED) is 0.576. The van der Waals surface area contributed by atoms with Gasteiger partial charge in [-0.1, -0.05) is 91.0 Å². The molecule has 4 atom stereocenters. The van der Waals surface area contributed by atoms with Gasteiger partial charge < -0.3 is 5.11 Å². The van der Waals surface area contributed by atoms with Crippen LogP contribution in [0.25, 0.3) is 6.08 Å². The van der Waals surface area contributed by atoms with Crippen molar-refractivity contribution in [1.29, 1.82) is 0 Å². The fourth-order valence-corrected chi connectivity index (χ4v) is 5.23. The van der Waals surface area contributed by atoms with Crippen molar-refractivity contribution in [2.75, 3.05) is 4.90 Å². The zero-order valence-electron chi connectivity index (χ0n) is 18.6.